The molecule has 0 bridgehead atoms. The van der Waals surface area contributed by atoms with E-state index in [1.807, 2.05) is 6.92 Å². The number of rotatable bonds is 4. The summed E-state index contributed by atoms with van der Waals surface area (Å²) in [5.74, 6) is -0.318. The number of nitrogens with one attached hydrogen (secondary N) is 2. The Kier molecular flexibility index (Phi) is 5.14. The first-order chi connectivity index (χ1) is 7.63. The molecule has 0 aromatic heterocycles. The third kappa shape index (κ3) is 4.12. The molecule has 0 heterocycles. The van der Waals surface area contributed by atoms with E-state index in [-0.39, 0.29) is 5.82 Å². The summed E-state index contributed by atoms with van der Waals surface area (Å²) in [6.07, 6.45) is 0. The molecular weight excluding hydrogens is 227 g/mol. The van der Waals surface area contributed by atoms with Crippen molar-refractivity contribution in [2.75, 3.05) is 25.6 Å². The topological polar surface area (TPSA) is 33.3 Å². The lowest BCUT2D eigenvalue weighted by atomic mass is 10.2. The number of hydrogen-bond donors (Lipinski definition) is 2. The molecular formula is C11H15FN2OS. The van der Waals surface area contributed by atoms with Crippen molar-refractivity contribution in [3.63, 3.8) is 0 Å². The predicted octanol–water partition coefficient (Wildman–Crippen LogP) is 2.07. The summed E-state index contributed by atoms with van der Waals surface area (Å²) in [6.45, 7) is 3.04. The van der Waals surface area contributed by atoms with Crippen LogP contribution in [0.25, 0.3) is 0 Å². The van der Waals surface area contributed by atoms with E-state index in [0.717, 1.165) is 5.56 Å². The van der Waals surface area contributed by atoms with Crippen molar-refractivity contribution < 1.29 is 9.13 Å². The van der Waals surface area contributed by atoms with E-state index in [2.05, 4.69) is 10.6 Å². The highest BCUT2D eigenvalue weighted by molar-refractivity contribution is 7.80. The lowest BCUT2D eigenvalue weighted by molar-refractivity contribution is 0.204. The Hall–Kier alpha value is -1.20. The zero-order valence-corrected chi connectivity index (χ0v) is 10.2. The second-order valence-electron chi connectivity index (χ2n) is 3.36. The lowest BCUT2D eigenvalue weighted by Crippen LogP contribution is -2.31. The van der Waals surface area contributed by atoms with Gasteiger partial charge >= 0.3 is 0 Å². The Morgan fingerprint density at radius 2 is 2.25 bits per heavy atom. The van der Waals surface area contributed by atoms with Gasteiger partial charge in [0.2, 0.25) is 0 Å². The summed E-state index contributed by atoms with van der Waals surface area (Å²) >= 11 is 5.01. The molecule has 1 aromatic carbocycles. The van der Waals surface area contributed by atoms with Crippen LogP contribution in [0, 0.1) is 12.7 Å². The first-order valence-corrected chi connectivity index (χ1v) is 5.34. The summed E-state index contributed by atoms with van der Waals surface area (Å²) in [5, 5.41) is 6.10. The molecule has 5 heteroatoms. The molecule has 16 heavy (non-hydrogen) atoms. The summed E-state index contributed by atoms with van der Waals surface area (Å²) < 4.78 is 18.2. The van der Waals surface area contributed by atoms with Gasteiger partial charge < -0.3 is 15.4 Å². The zero-order chi connectivity index (χ0) is 12.0. The van der Waals surface area contributed by atoms with E-state index < -0.39 is 0 Å². The SMILES string of the molecule is COCCNC(=S)Nc1cc(C)ccc1F. The van der Waals surface area contributed by atoms with Gasteiger partial charge in [-0.3, -0.25) is 0 Å². The molecule has 0 unspecified atom stereocenters. The van der Waals surface area contributed by atoms with Crippen molar-refractivity contribution in [1.29, 1.82) is 0 Å². The van der Waals surface area contributed by atoms with Crippen LogP contribution in [-0.4, -0.2) is 25.4 Å². The molecule has 0 amide bonds. The van der Waals surface area contributed by atoms with Gasteiger partial charge in [-0.2, -0.15) is 0 Å². The van der Waals surface area contributed by atoms with Crippen LogP contribution >= 0.6 is 12.2 Å². The molecule has 0 aliphatic heterocycles. The maximum Gasteiger partial charge on any atom is 0.170 e. The summed E-state index contributed by atoms with van der Waals surface area (Å²) in [6, 6.07) is 4.83. The molecule has 2 N–H and O–H groups in total. The molecule has 0 radical (unpaired) electrons. The molecule has 0 saturated heterocycles. The molecule has 0 fully saturated rings. The van der Waals surface area contributed by atoms with Crippen molar-refractivity contribution in [3.8, 4) is 0 Å². The quantitative estimate of drug-likeness (QED) is 0.625. The second-order valence-corrected chi connectivity index (χ2v) is 3.77. The minimum absolute atomic E-state index is 0.318. The summed E-state index contributed by atoms with van der Waals surface area (Å²) in [5.41, 5.74) is 1.36. The van der Waals surface area contributed by atoms with Crippen molar-refractivity contribution in [2.24, 2.45) is 0 Å². The fourth-order valence-corrected chi connectivity index (χ4v) is 1.38. The smallest absolute Gasteiger partial charge is 0.170 e. The number of thiocarbonyl (C=S) groups is 1. The van der Waals surface area contributed by atoms with Gasteiger partial charge in [0, 0.05) is 13.7 Å². The maximum atomic E-state index is 13.3. The molecule has 0 aliphatic carbocycles. The van der Waals surface area contributed by atoms with E-state index in [1.54, 1.807) is 19.2 Å². The van der Waals surface area contributed by atoms with Gasteiger partial charge in [0.05, 0.1) is 12.3 Å². The Morgan fingerprint density at radius 1 is 1.50 bits per heavy atom. The largest absolute Gasteiger partial charge is 0.383 e. The molecule has 0 atom stereocenters. The van der Waals surface area contributed by atoms with Gasteiger partial charge in [-0.1, -0.05) is 6.07 Å². The van der Waals surface area contributed by atoms with Crippen LogP contribution in [0.4, 0.5) is 10.1 Å². The second kappa shape index (κ2) is 6.40. The lowest BCUT2D eigenvalue weighted by Gasteiger charge is -2.11. The highest BCUT2D eigenvalue weighted by Crippen LogP contribution is 2.15. The third-order valence-corrected chi connectivity index (χ3v) is 2.21. The maximum absolute atomic E-state index is 13.3. The number of halogens is 1. The number of anilines is 1. The van der Waals surface area contributed by atoms with Crippen molar-refractivity contribution >= 4 is 23.0 Å². The number of hydrogen-bond acceptors (Lipinski definition) is 2. The van der Waals surface area contributed by atoms with Gasteiger partial charge in [0.1, 0.15) is 5.82 Å². The van der Waals surface area contributed by atoms with Crippen molar-refractivity contribution in [1.82, 2.24) is 5.32 Å². The van der Waals surface area contributed by atoms with Crippen LogP contribution in [0.1, 0.15) is 5.56 Å². The van der Waals surface area contributed by atoms with Gasteiger partial charge in [-0.25, -0.2) is 4.39 Å². The molecule has 88 valence electrons. The van der Waals surface area contributed by atoms with Crippen LogP contribution in [-0.2, 0) is 4.74 Å². The average molecular weight is 242 g/mol. The zero-order valence-electron chi connectivity index (χ0n) is 9.34. The van der Waals surface area contributed by atoms with Crippen molar-refractivity contribution in [3.05, 3.63) is 29.6 Å². The first kappa shape index (κ1) is 12.9. The van der Waals surface area contributed by atoms with Gasteiger partial charge in [-0.05, 0) is 36.8 Å². The highest BCUT2D eigenvalue weighted by atomic mass is 32.1. The fraction of sp³-hybridized carbons (Fsp3) is 0.364. The van der Waals surface area contributed by atoms with E-state index in [0.29, 0.717) is 24.0 Å². The number of aryl methyl sites for hydroxylation is 1. The summed E-state index contributed by atoms with van der Waals surface area (Å²) in [4.78, 5) is 0. The molecule has 0 aliphatic rings. The molecule has 0 spiro atoms. The first-order valence-electron chi connectivity index (χ1n) is 4.93. The van der Waals surface area contributed by atoms with Crippen molar-refractivity contribution in [2.45, 2.75) is 6.92 Å². The minimum atomic E-state index is -0.318. The third-order valence-electron chi connectivity index (χ3n) is 1.96. The number of ether oxygens (including phenoxy) is 1. The van der Waals surface area contributed by atoms with Gasteiger partial charge in [0.25, 0.3) is 0 Å². The number of methoxy groups -OCH3 is 1. The minimum Gasteiger partial charge on any atom is -0.383 e. The average Bonchev–Trinajstić information content (AvgIpc) is 2.24. The summed E-state index contributed by atoms with van der Waals surface area (Å²) in [7, 11) is 1.61. The Morgan fingerprint density at radius 3 is 2.94 bits per heavy atom. The monoisotopic (exact) mass is 242 g/mol. The Bertz CT molecular complexity index is 371. The molecule has 0 saturated carbocycles. The van der Waals surface area contributed by atoms with E-state index in [9.17, 15) is 4.39 Å². The Labute approximate surface area is 100.0 Å². The van der Waals surface area contributed by atoms with Gasteiger partial charge in [0.15, 0.2) is 5.11 Å². The van der Waals surface area contributed by atoms with E-state index in [4.69, 9.17) is 17.0 Å². The van der Waals surface area contributed by atoms with Gasteiger partial charge in [-0.15, -0.1) is 0 Å². The van der Waals surface area contributed by atoms with Crippen LogP contribution in [0.15, 0.2) is 18.2 Å². The highest BCUT2D eigenvalue weighted by Gasteiger charge is 2.03. The normalized spacial score (nSPS) is 9.94. The van der Waals surface area contributed by atoms with Crippen LogP contribution in [0.3, 0.4) is 0 Å². The Balaban J connectivity index is 2.52. The van der Waals surface area contributed by atoms with Crippen LogP contribution in [0.5, 0.6) is 0 Å². The predicted molar refractivity (Wildman–Crippen MR) is 67.2 cm³/mol. The fourth-order valence-electron chi connectivity index (χ4n) is 1.17. The number of benzene rings is 1. The molecule has 1 aromatic rings. The standard InChI is InChI=1S/C11H15FN2OS/c1-8-3-4-9(12)10(7-8)14-11(16)13-5-6-15-2/h3-4,7H,5-6H2,1-2H3,(H2,13,14,16). The molecule has 1 rings (SSSR count). The van der Waals surface area contributed by atoms with E-state index >= 15 is 0 Å². The van der Waals surface area contributed by atoms with Crippen LogP contribution < -0.4 is 10.6 Å². The molecule has 3 nitrogen and oxygen atoms in total. The van der Waals surface area contributed by atoms with Crippen LogP contribution in [0.2, 0.25) is 0 Å². The van der Waals surface area contributed by atoms with E-state index in [1.165, 1.54) is 6.07 Å².